The second-order valence-electron chi connectivity index (χ2n) is 8.45. The molecule has 0 fully saturated rings. The van der Waals surface area contributed by atoms with Gasteiger partial charge in [-0.05, 0) is 45.0 Å². The quantitative estimate of drug-likeness (QED) is 0.411. The summed E-state index contributed by atoms with van der Waals surface area (Å²) in [5.74, 6) is 7.30. The van der Waals surface area contributed by atoms with E-state index in [0.717, 1.165) is 16.8 Å². The fourth-order valence-electron chi connectivity index (χ4n) is 3.99. The van der Waals surface area contributed by atoms with Crippen LogP contribution < -0.4 is 4.90 Å². The molecular formula is C25H21FN6O. The van der Waals surface area contributed by atoms with Crippen LogP contribution in [0.3, 0.4) is 0 Å². The Morgan fingerprint density at radius 2 is 1.97 bits per heavy atom. The molecule has 0 aliphatic carbocycles. The standard InChI is InChI=1S/C25H21FN6O/c1-16-29-30-24-28-23(22-19(26)7-5-9-21(22)32(16)24)31-12-13-33-14-18-17(6-4-8-20(18)31)10-11-25(2,3)15-27/h4-9H,12-14H2,1-3H3. The molecule has 2 aromatic carbocycles. The number of nitriles is 1. The molecule has 0 saturated carbocycles. The molecule has 4 aromatic rings. The van der Waals surface area contributed by atoms with Gasteiger partial charge >= 0.3 is 0 Å². The van der Waals surface area contributed by atoms with Crippen molar-refractivity contribution in [2.45, 2.75) is 27.4 Å². The molecule has 1 aliphatic rings. The molecule has 3 heterocycles. The summed E-state index contributed by atoms with van der Waals surface area (Å²) in [6, 6.07) is 12.9. The number of aryl methyl sites for hydroxylation is 1. The molecule has 0 bridgehead atoms. The van der Waals surface area contributed by atoms with Gasteiger partial charge in [-0.25, -0.2) is 4.39 Å². The Kier molecular flexibility index (Phi) is 4.96. The average molecular weight is 440 g/mol. The third kappa shape index (κ3) is 3.55. The summed E-state index contributed by atoms with van der Waals surface area (Å²) in [6.07, 6.45) is 0. The number of benzene rings is 2. The number of hydrogen-bond acceptors (Lipinski definition) is 6. The minimum atomic E-state index is -0.772. The number of nitrogens with zero attached hydrogens (tertiary/aromatic N) is 6. The predicted molar refractivity (Wildman–Crippen MR) is 122 cm³/mol. The zero-order valence-corrected chi connectivity index (χ0v) is 18.6. The lowest BCUT2D eigenvalue weighted by atomic mass is 9.95. The van der Waals surface area contributed by atoms with E-state index in [1.54, 1.807) is 24.3 Å². The van der Waals surface area contributed by atoms with Crippen molar-refractivity contribution in [2.24, 2.45) is 5.41 Å². The van der Waals surface area contributed by atoms with Gasteiger partial charge in [0.25, 0.3) is 5.78 Å². The van der Waals surface area contributed by atoms with Crippen LogP contribution in [0, 0.1) is 41.3 Å². The van der Waals surface area contributed by atoms with E-state index in [-0.39, 0.29) is 5.82 Å². The van der Waals surface area contributed by atoms with Crippen molar-refractivity contribution in [3.8, 4) is 17.9 Å². The minimum Gasteiger partial charge on any atom is -0.375 e. The highest BCUT2D eigenvalue weighted by molar-refractivity contribution is 5.94. The van der Waals surface area contributed by atoms with Crippen molar-refractivity contribution >= 4 is 28.2 Å². The number of ether oxygens (including phenoxy) is 1. The van der Waals surface area contributed by atoms with Gasteiger partial charge in [-0.3, -0.25) is 4.40 Å². The maximum atomic E-state index is 15.2. The van der Waals surface area contributed by atoms with Crippen LogP contribution in [-0.4, -0.2) is 32.7 Å². The van der Waals surface area contributed by atoms with Gasteiger partial charge in [0, 0.05) is 23.4 Å². The molecule has 1 aliphatic heterocycles. The summed E-state index contributed by atoms with van der Waals surface area (Å²) in [4.78, 5) is 6.67. The Balaban J connectivity index is 1.76. The van der Waals surface area contributed by atoms with Crippen molar-refractivity contribution in [1.29, 1.82) is 5.26 Å². The van der Waals surface area contributed by atoms with Crippen LogP contribution in [0.2, 0.25) is 0 Å². The van der Waals surface area contributed by atoms with E-state index in [4.69, 9.17) is 9.72 Å². The van der Waals surface area contributed by atoms with Gasteiger partial charge < -0.3 is 9.64 Å². The monoisotopic (exact) mass is 440 g/mol. The van der Waals surface area contributed by atoms with Crippen LogP contribution in [0.5, 0.6) is 0 Å². The third-order valence-corrected chi connectivity index (χ3v) is 5.66. The molecule has 2 aromatic heterocycles. The van der Waals surface area contributed by atoms with Gasteiger partial charge in [0.1, 0.15) is 22.9 Å². The van der Waals surface area contributed by atoms with Crippen molar-refractivity contribution in [1.82, 2.24) is 19.6 Å². The number of aromatic nitrogens is 4. The van der Waals surface area contributed by atoms with E-state index >= 15 is 4.39 Å². The molecule has 0 amide bonds. The van der Waals surface area contributed by atoms with Gasteiger partial charge in [0.2, 0.25) is 0 Å². The second-order valence-corrected chi connectivity index (χ2v) is 8.45. The van der Waals surface area contributed by atoms with Crippen molar-refractivity contribution in [3.05, 3.63) is 59.2 Å². The highest BCUT2D eigenvalue weighted by atomic mass is 19.1. The fraction of sp³-hybridized carbons (Fsp3) is 0.280. The van der Waals surface area contributed by atoms with Crippen LogP contribution in [0.15, 0.2) is 36.4 Å². The third-order valence-electron chi connectivity index (χ3n) is 5.66. The van der Waals surface area contributed by atoms with Gasteiger partial charge in [-0.2, -0.15) is 10.2 Å². The lowest BCUT2D eigenvalue weighted by Gasteiger charge is -2.25. The van der Waals surface area contributed by atoms with Crippen LogP contribution in [-0.2, 0) is 11.3 Å². The number of fused-ring (bicyclic) bond motifs is 4. The number of rotatable bonds is 1. The molecule has 7 nitrogen and oxygen atoms in total. The SMILES string of the molecule is Cc1nnc2nc(N3CCOCc4c(C#CC(C)(C)C#N)cccc43)c3c(F)cccc3n12. The first kappa shape index (κ1) is 20.9. The first-order chi connectivity index (χ1) is 15.9. The van der Waals surface area contributed by atoms with Crippen LogP contribution in [0.25, 0.3) is 16.7 Å². The predicted octanol–water partition coefficient (Wildman–Crippen LogP) is 4.29. The number of halogens is 1. The number of hydrogen-bond donors (Lipinski definition) is 0. The highest BCUT2D eigenvalue weighted by Gasteiger charge is 2.25. The van der Waals surface area contributed by atoms with Crippen molar-refractivity contribution in [2.75, 3.05) is 18.1 Å². The molecule has 0 saturated heterocycles. The highest BCUT2D eigenvalue weighted by Crippen LogP contribution is 2.37. The van der Waals surface area contributed by atoms with E-state index in [0.29, 0.717) is 48.1 Å². The van der Waals surface area contributed by atoms with Gasteiger partial charge in [0.05, 0.1) is 30.2 Å². The summed E-state index contributed by atoms with van der Waals surface area (Å²) in [6.45, 7) is 6.63. The Bertz CT molecular complexity index is 1500. The van der Waals surface area contributed by atoms with E-state index in [2.05, 4.69) is 28.1 Å². The zero-order chi connectivity index (χ0) is 23.2. The molecule has 0 atom stereocenters. The van der Waals surface area contributed by atoms with Crippen LogP contribution in [0.1, 0.15) is 30.8 Å². The first-order valence-corrected chi connectivity index (χ1v) is 10.6. The lowest BCUT2D eigenvalue weighted by molar-refractivity contribution is 0.133. The summed E-state index contributed by atoms with van der Waals surface area (Å²) in [5, 5.41) is 18.0. The first-order valence-electron chi connectivity index (χ1n) is 10.6. The van der Waals surface area contributed by atoms with Gasteiger partial charge in [-0.15, -0.1) is 10.2 Å². The molecule has 8 heteroatoms. The van der Waals surface area contributed by atoms with E-state index in [1.807, 2.05) is 36.1 Å². The van der Waals surface area contributed by atoms with Gasteiger partial charge in [0.15, 0.2) is 0 Å². The molecule has 0 N–H and O–H groups in total. The Morgan fingerprint density at radius 1 is 1.15 bits per heavy atom. The average Bonchev–Trinajstić information content (AvgIpc) is 3.05. The fourth-order valence-corrected chi connectivity index (χ4v) is 3.99. The maximum absolute atomic E-state index is 15.2. The molecule has 5 rings (SSSR count). The van der Waals surface area contributed by atoms with Crippen molar-refractivity contribution < 1.29 is 9.13 Å². The summed E-state index contributed by atoms with van der Waals surface area (Å²) in [5.41, 5.74) is 2.36. The second kappa shape index (κ2) is 7.84. The Morgan fingerprint density at radius 3 is 2.79 bits per heavy atom. The lowest BCUT2D eigenvalue weighted by Crippen LogP contribution is -2.23. The topological polar surface area (TPSA) is 79.3 Å². The largest absolute Gasteiger partial charge is 0.375 e. The van der Waals surface area contributed by atoms with Gasteiger partial charge in [-0.1, -0.05) is 24.0 Å². The van der Waals surface area contributed by atoms with Crippen LogP contribution in [0.4, 0.5) is 15.9 Å². The maximum Gasteiger partial charge on any atom is 0.257 e. The molecule has 33 heavy (non-hydrogen) atoms. The summed E-state index contributed by atoms with van der Waals surface area (Å²) >= 11 is 0. The van der Waals surface area contributed by atoms with E-state index in [1.165, 1.54) is 6.07 Å². The summed E-state index contributed by atoms with van der Waals surface area (Å²) < 4.78 is 22.8. The zero-order valence-electron chi connectivity index (χ0n) is 18.6. The molecular weight excluding hydrogens is 419 g/mol. The normalized spacial score (nSPS) is 13.8. The molecule has 0 unspecified atom stereocenters. The van der Waals surface area contributed by atoms with E-state index < -0.39 is 5.41 Å². The Hall–Kier alpha value is -4.01. The smallest absolute Gasteiger partial charge is 0.257 e. The van der Waals surface area contributed by atoms with Crippen molar-refractivity contribution in [3.63, 3.8) is 0 Å². The van der Waals surface area contributed by atoms with E-state index in [9.17, 15) is 5.26 Å². The molecule has 0 radical (unpaired) electrons. The van der Waals surface area contributed by atoms with Crippen LogP contribution >= 0.6 is 0 Å². The minimum absolute atomic E-state index is 0.358. The Labute approximate surface area is 190 Å². The summed E-state index contributed by atoms with van der Waals surface area (Å²) in [7, 11) is 0. The number of anilines is 2. The molecule has 164 valence electrons. The molecule has 0 spiro atoms.